The molecule has 1 aromatic carbocycles. The van der Waals surface area contributed by atoms with Gasteiger partial charge in [0, 0.05) is 5.41 Å². The van der Waals surface area contributed by atoms with E-state index in [4.69, 9.17) is 4.74 Å². The van der Waals surface area contributed by atoms with Crippen LogP contribution < -0.4 is 4.74 Å². The van der Waals surface area contributed by atoms with Crippen LogP contribution in [0.25, 0.3) is 5.69 Å². The molecule has 0 spiro atoms. The number of methoxy groups -OCH3 is 1. The van der Waals surface area contributed by atoms with Crippen molar-refractivity contribution in [3.63, 3.8) is 0 Å². The molecule has 0 amide bonds. The van der Waals surface area contributed by atoms with Crippen molar-refractivity contribution in [2.24, 2.45) is 5.92 Å². The third-order valence-corrected chi connectivity index (χ3v) is 3.58. The van der Waals surface area contributed by atoms with Gasteiger partial charge in [0.15, 0.2) is 5.75 Å². The van der Waals surface area contributed by atoms with Crippen LogP contribution in [0.1, 0.15) is 46.0 Å². The minimum absolute atomic E-state index is 0.201. The van der Waals surface area contributed by atoms with E-state index in [1.165, 1.54) is 0 Å². The first-order chi connectivity index (χ1) is 10.2. The summed E-state index contributed by atoms with van der Waals surface area (Å²) in [5.41, 5.74) is 2.33. The van der Waals surface area contributed by atoms with Gasteiger partial charge in [-0.2, -0.15) is 5.10 Å². The number of nitrogens with zero attached hydrogens (tertiary/aromatic N) is 2. The van der Waals surface area contributed by atoms with Crippen LogP contribution >= 0.6 is 0 Å². The highest BCUT2D eigenvalue weighted by Crippen LogP contribution is 2.35. The minimum atomic E-state index is -0.201. The summed E-state index contributed by atoms with van der Waals surface area (Å²) < 4.78 is 7.06. The van der Waals surface area contributed by atoms with Gasteiger partial charge in [0.05, 0.1) is 18.5 Å². The predicted molar refractivity (Wildman–Crippen MR) is 89.0 cm³/mol. The fourth-order valence-electron chi connectivity index (χ4n) is 2.46. The van der Waals surface area contributed by atoms with Crippen LogP contribution in [0.5, 0.6) is 11.5 Å². The van der Waals surface area contributed by atoms with Crippen LogP contribution in [0.15, 0.2) is 24.3 Å². The van der Waals surface area contributed by atoms with Crippen LogP contribution in [-0.4, -0.2) is 22.0 Å². The van der Waals surface area contributed by atoms with Crippen molar-refractivity contribution in [3.05, 3.63) is 35.7 Å². The zero-order valence-corrected chi connectivity index (χ0v) is 14.3. The number of ether oxygens (including phenoxy) is 1. The molecule has 0 unspecified atom stereocenters. The molecule has 0 radical (unpaired) electrons. The summed E-state index contributed by atoms with van der Waals surface area (Å²) in [6.45, 7) is 10.5. The Hall–Kier alpha value is -1.97. The van der Waals surface area contributed by atoms with Crippen molar-refractivity contribution in [1.82, 2.24) is 9.78 Å². The summed E-state index contributed by atoms with van der Waals surface area (Å²) in [7, 11) is 1.65. The van der Waals surface area contributed by atoms with Gasteiger partial charge in [0.25, 0.3) is 0 Å². The lowest BCUT2D eigenvalue weighted by molar-refractivity contribution is 0.414. The molecule has 0 saturated heterocycles. The molecular formula is C18H26N2O2. The van der Waals surface area contributed by atoms with Crippen LogP contribution in [0.3, 0.4) is 0 Å². The number of aromatic nitrogens is 2. The average Bonchev–Trinajstić information content (AvgIpc) is 2.76. The highest BCUT2D eigenvalue weighted by atomic mass is 16.5. The molecule has 1 heterocycles. The van der Waals surface area contributed by atoms with Gasteiger partial charge in [-0.1, -0.05) is 34.6 Å². The Morgan fingerprint density at radius 2 is 1.77 bits per heavy atom. The van der Waals surface area contributed by atoms with E-state index in [1.54, 1.807) is 7.11 Å². The van der Waals surface area contributed by atoms with Crippen molar-refractivity contribution in [3.8, 4) is 17.2 Å². The standard InChI is InChI=1S/C18H26N2O2/c1-12(2)11-15-16(21)17(18(3,4)5)19-20(15)13-7-9-14(22-6)10-8-13/h7-10,12,21H,11H2,1-6H3. The van der Waals surface area contributed by atoms with Gasteiger partial charge in [-0.25, -0.2) is 4.68 Å². The molecule has 2 rings (SSSR count). The first-order valence-corrected chi connectivity index (χ1v) is 7.69. The fraction of sp³-hybridized carbons (Fsp3) is 0.500. The molecule has 120 valence electrons. The molecule has 0 aliphatic heterocycles. The molecule has 0 aliphatic carbocycles. The number of aromatic hydroxyl groups is 1. The third kappa shape index (κ3) is 3.26. The first kappa shape index (κ1) is 16.4. The number of rotatable bonds is 4. The molecule has 0 fully saturated rings. The highest BCUT2D eigenvalue weighted by molar-refractivity contribution is 5.44. The van der Waals surface area contributed by atoms with Crippen molar-refractivity contribution >= 4 is 0 Å². The summed E-state index contributed by atoms with van der Waals surface area (Å²) in [6.07, 6.45) is 0.779. The van der Waals surface area contributed by atoms with Crippen molar-refractivity contribution in [2.75, 3.05) is 7.11 Å². The topological polar surface area (TPSA) is 47.3 Å². The van der Waals surface area contributed by atoms with Crippen molar-refractivity contribution in [2.45, 2.75) is 46.5 Å². The van der Waals surface area contributed by atoms with E-state index in [0.717, 1.165) is 29.2 Å². The molecule has 0 saturated carbocycles. The lowest BCUT2D eigenvalue weighted by atomic mass is 9.91. The fourth-order valence-corrected chi connectivity index (χ4v) is 2.46. The van der Waals surface area contributed by atoms with Gasteiger partial charge in [-0.3, -0.25) is 0 Å². The van der Waals surface area contributed by atoms with E-state index in [2.05, 4.69) is 39.7 Å². The molecule has 2 aromatic rings. The van der Waals surface area contributed by atoms with Gasteiger partial charge in [-0.05, 0) is 36.6 Å². The molecular weight excluding hydrogens is 276 g/mol. The molecule has 1 aromatic heterocycles. The highest BCUT2D eigenvalue weighted by Gasteiger charge is 2.27. The van der Waals surface area contributed by atoms with E-state index >= 15 is 0 Å². The van der Waals surface area contributed by atoms with Crippen molar-refractivity contribution < 1.29 is 9.84 Å². The summed E-state index contributed by atoms with van der Waals surface area (Å²) in [4.78, 5) is 0. The summed E-state index contributed by atoms with van der Waals surface area (Å²) in [6, 6.07) is 7.73. The van der Waals surface area contributed by atoms with Crippen LogP contribution in [-0.2, 0) is 11.8 Å². The molecule has 22 heavy (non-hydrogen) atoms. The summed E-state index contributed by atoms with van der Waals surface area (Å²) >= 11 is 0. The normalized spacial score (nSPS) is 12.0. The monoisotopic (exact) mass is 302 g/mol. The molecule has 1 N–H and O–H groups in total. The Bertz CT molecular complexity index is 634. The maximum atomic E-state index is 10.6. The van der Waals surface area contributed by atoms with E-state index in [9.17, 15) is 5.11 Å². The molecule has 0 atom stereocenters. The van der Waals surface area contributed by atoms with Gasteiger partial charge >= 0.3 is 0 Å². The Kier molecular flexibility index (Phi) is 4.50. The second-order valence-corrected chi connectivity index (χ2v) is 7.10. The van der Waals surface area contributed by atoms with Crippen LogP contribution in [0.2, 0.25) is 0 Å². The molecule has 0 aliphatic rings. The zero-order chi connectivity index (χ0) is 16.5. The van der Waals surface area contributed by atoms with E-state index in [-0.39, 0.29) is 5.41 Å². The number of hydrogen-bond donors (Lipinski definition) is 1. The van der Waals surface area contributed by atoms with Gasteiger partial charge in [0.1, 0.15) is 11.4 Å². The lowest BCUT2D eigenvalue weighted by Gasteiger charge is -2.15. The summed E-state index contributed by atoms with van der Waals surface area (Å²) in [5, 5.41) is 15.3. The van der Waals surface area contributed by atoms with Gasteiger partial charge in [0.2, 0.25) is 0 Å². The molecule has 4 heteroatoms. The average molecular weight is 302 g/mol. The Morgan fingerprint density at radius 3 is 2.23 bits per heavy atom. The predicted octanol–water partition coefficient (Wildman–Crippen LogP) is 4.08. The van der Waals surface area contributed by atoms with Crippen LogP contribution in [0, 0.1) is 5.92 Å². The van der Waals surface area contributed by atoms with E-state index in [1.807, 2.05) is 28.9 Å². The van der Waals surface area contributed by atoms with Gasteiger partial charge in [-0.15, -0.1) is 0 Å². The Labute approximate surface area is 132 Å². The number of benzene rings is 1. The molecule has 4 nitrogen and oxygen atoms in total. The van der Waals surface area contributed by atoms with Crippen LogP contribution in [0.4, 0.5) is 0 Å². The summed E-state index contributed by atoms with van der Waals surface area (Å²) in [5.74, 6) is 1.56. The maximum absolute atomic E-state index is 10.6. The SMILES string of the molecule is COc1ccc(-n2nc(C(C)(C)C)c(O)c2CC(C)C)cc1. The second kappa shape index (κ2) is 6.03. The van der Waals surface area contributed by atoms with E-state index in [0.29, 0.717) is 11.7 Å². The third-order valence-electron chi connectivity index (χ3n) is 3.58. The lowest BCUT2D eigenvalue weighted by Crippen LogP contribution is -2.13. The second-order valence-electron chi connectivity index (χ2n) is 7.10. The van der Waals surface area contributed by atoms with Gasteiger partial charge < -0.3 is 9.84 Å². The minimum Gasteiger partial charge on any atom is -0.504 e. The first-order valence-electron chi connectivity index (χ1n) is 7.69. The quantitative estimate of drug-likeness (QED) is 0.925. The zero-order valence-electron chi connectivity index (χ0n) is 14.3. The molecule has 0 bridgehead atoms. The number of hydrogen-bond acceptors (Lipinski definition) is 3. The largest absolute Gasteiger partial charge is 0.504 e. The Morgan fingerprint density at radius 1 is 1.18 bits per heavy atom. The maximum Gasteiger partial charge on any atom is 0.161 e. The van der Waals surface area contributed by atoms with Crippen molar-refractivity contribution in [1.29, 1.82) is 0 Å². The Balaban J connectivity index is 2.57. The van der Waals surface area contributed by atoms with E-state index < -0.39 is 0 Å². The smallest absolute Gasteiger partial charge is 0.161 e.